The lowest BCUT2D eigenvalue weighted by molar-refractivity contribution is 0.102. The first-order chi connectivity index (χ1) is 12.1. The maximum absolute atomic E-state index is 12.2. The number of amides is 1. The van der Waals surface area contributed by atoms with Crippen molar-refractivity contribution in [1.82, 2.24) is 10.2 Å². The highest BCUT2D eigenvalue weighted by Gasteiger charge is 2.09. The maximum Gasteiger partial charge on any atom is 0.276 e. The minimum Gasteiger partial charge on any atom is -0.339 e. The van der Waals surface area contributed by atoms with Gasteiger partial charge in [-0.05, 0) is 49.4 Å². The summed E-state index contributed by atoms with van der Waals surface area (Å²) in [4.78, 5) is 12.2. The van der Waals surface area contributed by atoms with E-state index in [1.54, 1.807) is 30.3 Å². The van der Waals surface area contributed by atoms with E-state index in [1.165, 1.54) is 0 Å². The lowest BCUT2D eigenvalue weighted by atomic mass is 10.2. The van der Waals surface area contributed by atoms with Crippen LogP contribution in [0, 0.1) is 18.3 Å². The number of hydrogen-bond acceptors (Lipinski definition) is 5. The van der Waals surface area contributed by atoms with Crippen molar-refractivity contribution in [1.29, 1.82) is 5.26 Å². The summed E-state index contributed by atoms with van der Waals surface area (Å²) in [6.07, 6.45) is 0. The molecule has 3 aromatic rings. The predicted octanol–water partition coefficient (Wildman–Crippen LogP) is 3.65. The second-order valence-corrected chi connectivity index (χ2v) is 5.44. The van der Waals surface area contributed by atoms with Crippen molar-refractivity contribution in [3.63, 3.8) is 0 Å². The summed E-state index contributed by atoms with van der Waals surface area (Å²) in [6.45, 7) is 1.98. The van der Waals surface area contributed by atoms with E-state index < -0.39 is 0 Å². The first-order valence-corrected chi connectivity index (χ1v) is 7.63. The van der Waals surface area contributed by atoms with E-state index in [0.717, 1.165) is 11.3 Å². The zero-order valence-corrected chi connectivity index (χ0v) is 13.5. The van der Waals surface area contributed by atoms with Gasteiger partial charge in [0.2, 0.25) is 0 Å². The van der Waals surface area contributed by atoms with E-state index in [4.69, 9.17) is 5.26 Å². The van der Waals surface area contributed by atoms with Gasteiger partial charge in [0.15, 0.2) is 11.5 Å². The van der Waals surface area contributed by atoms with Gasteiger partial charge in [0, 0.05) is 11.4 Å². The summed E-state index contributed by atoms with van der Waals surface area (Å²) in [5, 5.41) is 22.7. The Balaban J connectivity index is 1.68. The number of carbonyl (C=O) groups excluding carboxylic acids is 1. The molecule has 1 aromatic heterocycles. The SMILES string of the molecule is Cc1ccc(NC(=O)c2ccc(Nc3cccc(C#N)c3)nn2)cc1. The number of benzene rings is 2. The highest BCUT2D eigenvalue weighted by molar-refractivity contribution is 6.02. The molecule has 3 rings (SSSR count). The average Bonchev–Trinajstić information content (AvgIpc) is 2.64. The summed E-state index contributed by atoms with van der Waals surface area (Å²) in [7, 11) is 0. The molecule has 0 atom stereocenters. The Morgan fingerprint density at radius 3 is 2.48 bits per heavy atom. The second kappa shape index (κ2) is 7.23. The number of rotatable bonds is 4. The summed E-state index contributed by atoms with van der Waals surface area (Å²) >= 11 is 0. The molecule has 1 heterocycles. The van der Waals surface area contributed by atoms with Crippen LogP contribution in [0.4, 0.5) is 17.2 Å². The topological polar surface area (TPSA) is 90.7 Å². The molecule has 1 amide bonds. The molecule has 0 aliphatic heterocycles. The fourth-order valence-electron chi connectivity index (χ4n) is 2.17. The summed E-state index contributed by atoms with van der Waals surface area (Å²) in [5.74, 6) is 0.163. The number of aromatic nitrogens is 2. The lowest BCUT2D eigenvalue weighted by Crippen LogP contribution is -2.14. The third-order valence-electron chi connectivity index (χ3n) is 3.47. The standard InChI is InChI=1S/C19H15N5O/c1-13-5-7-15(8-6-13)22-19(25)17-9-10-18(24-23-17)21-16-4-2-3-14(11-16)12-20/h2-11H,1H3,(H,21,24)(H,22,25). The third kappa shape index (κ3) is 4.18. The zero-order valence-electron chi connectivity index (χ0n) is 13.5. The van der Waals surface area contributed by atoms with Crippen LogP contribution in [0.5, 0.6) is 0 Å². The minimum absolute atomic E-state index is 0.219. The molecular weight excluding hydrogens is 314 g/mol. The van der Waals surface area contributed by atoms with Gasteiger partial charge in [-0.15, -0.1) is 10.2 Å². The van der Waals surface area contributed by atoms with Gasteiger partial charge in [0.1, 0.15) is 0 Å². The summed E-state index contributed by atoms with van der Waals surface area (Å²) in [5.41, 5.74) is 3.32. The molecule has 2 N–H and O–H groups in total. The molecule has 6 nitrogen and oxygen atoms in total. The average molecular weight is 329 g/mol. The molecule has 0 aliphatic carbocycles. The number of nitrogens with zero attached hydrogens (tertiary/aromatic N) is 3. The van der Waals surface area contributed by atoms with Gasteiger partial charge in [-0.3, -0.25) is 4.79 Å². The Morgan fingerprint density at radius 2 is 1.80 bits per heavy atom. The van der Waals surface area contributed by atoms with Crippen molar-refractivity contribution in [2.24, 2.45) is 0 Å². The van der Waals surface area contributed by atoms with Crippen LogP contribution in [0.15, 0.2) is 60.7 Å². The van der Waals surface area contributed by atoms with Crippen molar-refractivity contribution < 1.29 is 4.79 Å². The number of aryl methyl sites for hydroxylation is 1. The van der Waals surface area contributed by atoms with E-state index in [0.29, 0.717) is 17.1 Å². The van der Waals surface area contributed by atoms with Gasteiger partial charge < -0.3 is 10.6 Å². The lowest BCUT2D eigenvalue weighted by Gasteiger charge is -2.07. The van der Waals surface area contributed by atoms with E-state index in [1.807, 2.05) is 37.3 Å². The van der Waals surface area contributed by atoms with Crippen molar-refractivity contribution in [2.45, 2.75) is 6.92 Å². The van der Waals surface area contributed by atoms with E-state index in [2.05, 4.69) is 26.9 Å². The van der Waals surface area contributed by atoms with E-state index >= 15 is 0 Å². The quantitative estimate of drug-likeness (QED) is 0.762. The number of hydrogen-bond donors (Lipinski definition) is 2. The van der Waals surface area contributed by atoms with Gasteiger partial charge >= 0.3 is 0 Å². The molecule has 0 radical (unpaired) electrons. The first kappa shape index (κ1) is 16.1. The minimum atomic E-state index is -0.325. The fraction of sp³-hybridized carbons (Fsp3) is 0.0526. The molecule has 0 saturated heterocycles. The number of nitrogens with one attached hydrogen (secondary N) is 2. The summed E-state index contributed by atoms with van der Waals surface area (Å²) in [6, 6.07) is 19.9. The fourth-order valence-corrected chi connectivity index (χ4v) is 2.17. The number of anilines is 3. The Hall–Kier alpha value is -3.72. The van der Waals surface area contributed by atoms with Crippen LogP contribution in [-0.4, -0.2) is 16.1 Å². The van der Waals surface area contributed by atoms with Gasteiger partial charge in [-0.1, -0.05) is 23.8 Å². The van der Waals surface area contributed by atoms with Gasteiger partial charge in [-0.25, -0.2) is 0 Å². The van der Waals surface area contributed by atoms with Crippen molar-refractivity contribution in [3.8, 4) is 6.07 Å². The maximum atomic E-state index is 12.2. The Kier molecular flexibility index (Phi) is 4.67. The van der Waals surface area contributed by atoms with Crippen LogP contribution in [0.1, 0.15) is 21.6 Å². The molecule has 0 saturated carbocycles. The van der Waals surface area contributed by atoms with Crippen LogP contribution in [0.3, 0.4) is 0 Å². The van der Waals surface area contributed by atoms with Gasteiger partial charge in [-0.2, -0.15) is 5.26 Å². The molecule has 122 valence electrons. The van der Waals surface area contributed by atoms with E-state index in [9.17, 15) is 4.79 Å². The van der Waals surface area contributed by atoms with Gasteiger partial charge in [0.25, 0.3) is 5.91 Å². The Labute approximate surface area is 145 Å². The van der Waals surface area contributed by atoms with Crippen LogP contribution in [-0.2, 0) is 0 Å². The van der Waals surface area contributed by atoms with E-state index in [-0.39, 0.29) is 11.6 Å². The summed E-state index contributed by atoms with van der Waals surface area (Å²) < 4.78 is 0. The largest absolute Gasteiger partial charge is 0.339 e. The van der Waals surface area contributed by atoms with Crippen molar-refractivity contribution in [2.75, 3.05) is 10.6 Å². The molecule has 6 heteroatoms. The smallest absolute Gasteiger partial charge is 0.276 e. The molecule has 0 spiro atoms. The molecular formula is C19H15N5O. The molecule has 25 heavy (non-hydrogen) atoms. The normalized spacial score (nSPS) is 9.92. The predicted molar refractivity (Wildman–Crippen MR) is 95.6 cm³/mol. The number of nitriles is 1. The second-order valence-electron chi connectivity index (χ2n) is 5.44. The third-order valence-corrected chi connectivity index (χ3v) is 3.47. The van der Waals surface area contributed by atoms with Crippen LogP contribution in [0.2, 0.25) is 0 Å². The van der Waals surface area contributed by atoms with Gasteiger partial charge in [0.05, 0.1) is 11.6 Å². The molecule has 0 bridgehead atoms. The highest BCUT2D eigenvalue weighted by Crippen LogP contribution is 2.16. The van der Waals surface area contributed by atoms with Crippen LogP contribution in [0.25, 0.3) is 0 Å². The molecule has 2 aromatic carbocycles. The molecule has 0 fully saturated rings. The highest BCUT2D eigenvalue weighted by atomic mass is 16.1. The van der Waals surface area contributed by atoms with Crippen molar-refractivity contribution >= 4 is 23.1 Å². The van der Waals surface area contributed by atoms with Crippen LogP contribution < -0.4 is 10.6 Å². The van der Waals surface area contributed by atoms with Crippen molar-refractivity contribution in [3.05, 3.63) is 77.5 Å². The molecule has 0 unspecified atom stereocenters. The Bertz CT molecular complexity index is 927. The molecule has 0 aliphatic rings. The Morgan fingerprint density at radius 1 is 1.00 bits per heavy atom. The number of carbonyl (C=O) groups is 1. The zero-order chi connectivity index (χ0) is 17.6. The van der Waals surface area contributed by atoms with Crippen LogP contribution >= 0.6 is 0 Å². The first-order valence-electron chi connectivity index (χ1n) is 7.63. The monoisotopic (exact) mass is 329 g/mol.